The van der Waals surface area contributed by atoms with Crippen LogP contribution in [-0.4, -0.2) is 55.0 Å². The van der Waals surface area contributed by atoms with E-state index in [0.717, 1.165) is 26.1 Å². The van der Waals surface area contributed by atoms with Gasteiger partial charge in [0.1, 0.15) is 0 Å². The van der Waals surface area contributed by atoms with Gasteiger partial charge in [0.25, 0.3) is 0 Å². The van der Waals surface area contributed by atoms with Crippen LogP contribution in [0.5, 0.6) is 0 Å². The third-order valence-electron chi connectivity index (χ3n) is 2.48. The van der Waals surface area contributed by atoms with Crippen LogP contribution in [0, 0.1) is 0 Å². The molecular weight excluding hydrogens is 168 g/mol. The quantitative estimate of drug-likeness (QED) is 0.622. The summed E-state index contributed by atoms with van der Waals surface area (Å²) in [6.07, 6.45) is 1.28. The molecule has 2 unspecified atom stereocenters. The molecule has 1 aliphatic rings. The molecule has 4 nitrogen and oxygen atoms in total. The highest BCUT2D eigenvalue weighted by atomic mass is 16.5. The molecular formula is C9H20N2O2. The van der Waals surface area contributed by atoms with Gasteiger partial charge in [-0.15, -0.1) is 0 Å². The molecule has 1 fully saturated rings. The highest BCUT2D eigenvalue weighted by Gasteiger charge is 2.20. The second-order valence-electron chi connectivity index (χ2n) is 3.60. The monoisotopic (exact) mass is 188 g/mol. The van der Waals surface area contributed by atoms with Gasteiger partial charge in [0.2, 0.25) is 0 Å². The SMILES string of the molecule is CC1CN(C(CN)CO)CCCO1. The highest BCUT2D eigenvalue weighted by Crippen LogP contribution is 2.08. The van der Waals surface area contributed by atoms with E-state index in [2.05, 4.69) is 11.8 Å². The zero-order valence-corrected chi connectivity index (χ0v) is 8.28. The second kappa shape index (κ2) is 5.54. The molecule has 0 saturated carbocycles. The van der Waals surface area contributed by atoms with Gasteiger partial charge in [-0.1, -0.05) is 0 Å². The maximum atomic E-state index is 9.09. The first-order valence-corrected chi connectivity index (χ1v) is 4.94. The molecule has 78 valence electrons. The Morgan fingerprint density at radius 3 is 3.08 bits per heavy atom. The van der Waals surface area contributed by atoms with Crippen LogP contribution in [0.1, 0.15) is 13.3 Å². The molecule has 2 atom stereocenters. The number of hydrogen-bond acceptors (Lipinski definition) is 4. The predicted octanol–water partition coefficient (Wildman–Crippen LogP) is -0.583. The standard InChI is InChI=1S/C9H20N2O2/c1-8-6-11(3-2-4-13-8)9(5-10)7-12/h8-9,12H,2-7,10H2,1H3. The van der Waals surface area contributed by atoms with Crippen molar-refractivity contribution >= 4 is 0 Å². The molecule has 3 N–H and O–H groups in total. The van der Waals surface area contributed by atoms with Crippen molar-refractivity contribution in [2.24, 2.45) is 5.73 Å². The summed E-state index contributed by atoms with van der Waals surface area (Å²) >= 11 is 0. The molecule has 1 heterocycles. The Kier molecular flexibility index (Phi) is 4.66. The van der Waals surface area contributed by atoms with Gasteiger partial charge in [-0.3, -0.25) is 4.90 Å². The molecule has 0 radical (unpaired) electrons. The van der Waals surface area contributed by atoms with E-state index >= 15 is 0 Å². The molecule has 13 heavy (non-hydrogen) atoms. The van der Waals surface area contributed by atoms with Gasteiger partial charge in [-0.05, 0) is 13.3 Å². The van der Waals surface area contributed by atoms with Crippen molar-refractivity contribution in [3.05, 3.63) is 0 Å². The van der Waals surface area contributed by atoms with Crippen LogP contribution in [0.15, 0.2) is 0 Å². The van der Waals surface area contributed by atoms with Gasteiger partial charge in [-0.25, -0.2) is 0 Å². The van der Waals surface area contributed by atoms with Crippen molar-refractivity contribution in [2.45, 2.75) is 25.5 Å². The normalized spacial score (nSPS) is 28.4. The summed E-state index contributed by atoms with van der Waals surface area (Å²) in [6, 6.07) is 0.101. The van der Waals surface area contributed by atoms with Crippen molar-refractivity contribution in [3.8, 4) is 0 Å². The van der Waals surface area contributed by atoms with E-state index in [1.807, 2.05) is 0 Å². The van der Waals surface area contributed by atoms with Crippen LogP contribution in [-0.2, 0) is 4.74 Å². The Labute approximate surface area is 79.7 Å². The first kappa shape index (κ1) is 10.9. The summed E-state index contributed by atoms with van der Waals surface area (Å²) in [4.78, 5) is 2.22. The lowest BCUT2D eigenvalue weighted by atomic mass is 10.2. The fourth-order valence-electron chi connectivity index (χ4n) is 1.70. The number of rotatable bonds is 3. The van der Waals surface area contributed by atoms with Crippen molar-refractivity contribution in [1.29, 1.82) is 0 Å². The topological polar surface area (TPSA) is 58.7 Å². The smallest absolute Gasteiger partial charge is 0.0674 e. The zero-order valence-electron chi connectivity index (χ0n) is 8.28. The van der Waals surface area contributed by atoms with Crippen molar-refractivity contribution in [1.82, 2.24) is 4.90 Å². The fraction of sp³-hybridized carbons (Fsp3) is 1.00. The van der Waals surface area contributed by atoms with Gasteiger partial charge >= 0.3 is 0 Å². The lowest BCUT2D eigenvalue weighted by Gasteiger charge is -2.28. The van der Waals surface area contributed by atoms with E-state index in [4.69, 9.17) is 15.6 Å². The lowest BCUT2D eigenvalue weighted by Crippen LogP contribution is -2.45. The summed E-state index contributed by atoms with van der Waals surface area (Å²) in [5, 5.41) is 9.09. The molecule has 4 heteroatoms. The van der Waals surface area contributed by atoms with E-state index in [-0.39, 0.29) is 18.8 Å². The first-order chi connectivity index (χ1) is 6.27. The highest BCUT2D eigenvalue weighted by molar-refractivity contribution is 4.75. The molecule has 1 aliphatic heterocycles. The zero-order chi connectivity index (χ0) is 9.68. The molecule has 1 rings (SSSR count). The number of hydrogen-bond donors (Lipinski definition) is 2. The van der Waals surface area contributed by atoms with Crippen LogP contribution in [0.4, 0.5) is 0 Å². The van der Waals surface area contributed by atoms with E-state index in [0.29, 0.717) is 6.54 Å². The van der Waals surface area contributed by atoms with Gasteiger partial charge < -0.3 is 15.6 Å². The average Bonchev–Trinajstić information content (AvgIpc) is 2.32. The number of ether oxygens (including phenoxy) is 1. The van der Waals surface area contributed by atoms with E-state index in [9.17, 15) is 0 Å². The first-order valence-electron chi connectivity index (χ1n) is 4.94. The number of nitrogens with zero attached hydrogens (tertiary/aromatic N) is 1. The van der Waals surface area contributed by atoms with Crippen LogP contribution in [0.2, 0.25) is 0 Å². The maximum Gasteiger partial charge on any atom is 0.0674 e. The van der Waals surface area contributed by atoms with Crippen LogP contribution >= 0.6 is 0 Å². The molecule has 0 aliphatic carbocycles. The molecule has 0 aromatic heterocycles. The summed E-state index contributed by atoms with van der Waals surface area (Å²) in [7, 11) is 0. The minimum absolute atomic E-state index is 0.101. The maximum absolute atomic E-state index is 9.09. The van der Waals surface area contributed by atoms with Crippen molar-refractivity contribution in [3.63, 3.8) is 0 Å². The second-order valence-corrected chi connectivity index (χ2v) is 3.60. The summed E-state index contributed by atoms with van der Waals surface area (Å²) in [5.41, 5.74) is 5.57. The number of nitrogens with two attached hydrogens (primary N) is 1. The number of aliphatic hydroxyl groups excluding tert-OH is 1. The van der Waals surface area contributed by atoms with Crippen LogP contribution in [0.25, 0.3) is 0 Å². The minimum Gasteiger partial charge on any atom is -0.395 e. The Bertz CT molecular complexity index is 140. The summed E-state index contributed by atoms with van der Waals surface area (Å²) in [5.74, 6) is 0. The molecule has 0 aromatic carbocycles. The largest absolute Gasteiger partial charge is 0.395 e. The molecule has 0 spiro atoms. The molecule has 0 amide bonds. The molecule has 0 bridgehead atoms. The van der Waals surface area contributed by atoms with Crippen LogP contribution in [0.3, 0.4) is 0 Å². The van der Waals surface area contributed by atoms with E-state index in [1.165, 1.54) is 0 Å². The third-order valence-corrected chi connectivity index (χ3v) is 2.48. The number of aliphatic hydroxyl groups is 1. The third kappa shape index (κ3) is 3.23. The van der Waals surface area contributed by atoms with Gasteiger partial charge in [0.05, 0.1) is 12.7 Å². The van der Waals surface area contributed by atoms with E-state index < -0.39 is 0 Å². The van der Waals surface area contributed by atoms with Gasteiger partial charge in [0.15, 0.2) is 0 Å². The molecule has 0 aromatic rings. The average molecular weight is 188 g/mol. The van der Waals surface area contributed by atoms with Crippen molar-refractivity contribution in [2.75, 3.05) is 32.8 Å². The Morgan fingerprint density at radius 2 is 2.46 bits per heavy atom. The summed E-state index contributed by atoms with van der Waals surface area (Å²) in [6.45, 7) is 5.39. The molecule has 1 saturated heterocycles. The van der Waals surface area contributed by atoms with Crippen molar-refractivity contribution < 1.29 is 9.84 Å². The summed E-state index contributed by atoms with van der Waals surface area (Å²) < 4.78 is 5.51. The minimum atomic E-state index is 0.101. The van der Waals surface area contributed by atoms with Gasteiger partial charge in [-0.2, -0.15) is 0 Å². The fourth-order valence-corrected chi connectivity index (χ4v) is 1.70. The van der Waals surface area contributed by atoms with Gasteiger partial charge in [0, 0.05) is 32.3 Å². The Hall–Kier alpha value is -0.160. The Balaban J connectivity index is 2.45. The van der Waals surface area contributed by atoms with E-state index in [1.54, 1.807) is 0 Å². The Morgan fingerprint density at radius 1 is 1.69 bits per heavy atom. The van der Waals surface area contributed by atoms with Crippen LogP contribution < -0.4 is 5.73 Å². The predicted molar refractivity (Wildman–Crippen MR) is 51.5 cm³/mol. The lowest BCUT2D eigenvalue weighted by molar-refractivity contribution is 0.0535.